The zero-order valence-corrected chi connectivity index (χ0v) is 16.4. The molecule has 0 aliphatic rings. The summed E-state index contributed by atoms with van der Waals surface area (Å²) in [6.45, 7) is 1.52. The number of hydrazone groups is 1. The third-order valence-electron chi connectivity index (χ3n) is 3.95. The van der Waals surface area contributed by atoms with Crippen LogP contribution in [0.2, 0.25) is 5.02 Å². The topological polar surface area (TPSA) is 68.5 Å². The van der Waals surface area contributed by atoms with Crippen LogP contribution in [-0.4, -0.2) is 28.0 Å². The minimum absolute atomic E-state index is 0.235. The lowest BCUT2D eigenvalue weighted by Crippen LogP contribution is -2.33. The van der Waals surface area contributed by atoms with Gasteiger partial charge in [-0.2, -0.15) is 18.3 Å². The van der Waals surface area contributed by atoms with Crippen molar-refractivity contribution in [1.29, 1.82) is 0 Å². The Balaban J connectivity index is 1.53. The molecule has 6 nitrogen and oxygen atoms in total. The fraction of sp³-hybridized carbons (Fsp3) is 0.150. The van der Waals surface area contributed by atoms with Gasteiger partial charge in [0.15, 0.2) is 6.10 Å². The van der Waals surface area contributed by atoms with Crippen molar-refractivity contribution < 1.29 is 22.7 Å². The number of nitrogens with one attached hydrogen (secondary N) is 1. The molecular formula is C20H16ClF3N4O2. The van der Waals surface area contributed by atoms with Crippen molar-refractivity contribution in [2.75, 3.05) is 0 Å². The minimum Gasteiger partial charge on any atom is -0.463 e. The van der Waals surface area contributed by atoms with Gasteiger partial charge in [-0.1, -0.05) is 23.7 Å². The first kappa shape index (κ1) is 21.4. The van der Waals surface area contributed by atoms with Gasteiger partial charge in [0.25, 0.3) is 5.91 Å². The summed E-state index contributed by atoms with van der Waals surface area (Å²) in [6, 6.07) is 13.0. The number of hydrogen-bond acceptors (Lipinski definition) is 4. The highest BCUT2D eigenvalue weighted by atomic mass is 35.5. The Morgan fingerprint density at radius 3 is 2.47 bits per heavy atom. The number of halogens is 4. The number of rotatable bonds is 6. The molecule has 1 heterocycles. The van der Waals surface area contributed by atoms with E-state index in [1.165, 1.54) is 25.3 Å². The van der Waals surface area contributed by atoms with Crippen LogP contribution < -0.4 is 10.2 Å². The molecular weight excluding hydrogens is 421 g/mol. The van der Waals surface area contributed by atoms with Gasteiger partial charge >= 0.3 is 6.18 Å². The van der Waals surface area contributed by atoms with Gasteiger partial charge in [-0.3, -0.25) is 4.79 Å². The highest BCUT2D eigenvalue weighted by Crippen LogP contribution is 2.28. The molecule has 0 bridgehead atoms. The van der Waals surface area contributed by atoms with Crippen molar-refractivity contribution in [3.63, 3.8) is 0 Å². The van der Waals surface area contributed by atoms with Crippen LogP contribution in [0.4, 0.5) is 13.2 Å². The fourth-order valence-electron chi connectivity index (χ4n) is 2.36. The summed E-state index contributed by atoms with van der Waals surface area (Å²) in [5, 5.41) is 8.56. The average molecular weight is 437 g/mol. The SMILES string of the molecule is CC(Oc1ccn(-c2ccc(Cl)cc2)n1)C(=O)NN=Cc1ccc(C(F)(F)F)cc1. The molecule has 0 spiro atoms. The van der Waals surface area contributed by atoms with Gasteiger partial charge in [0, 0.05) is 17.3 Å². The monoisotopic (exact) mass is 436 g/mol. The maximum Gasteiger partial charge on any atom is 0.416 e. The van der Waals surface area contributed by atoms with E-state index < -0.39 is 23.8 Å². The quantitative estimate of drug-likeness (QED) is 0.458. The first-order chi connectivity index (χ1) is 14.2. The van der Waals surface area contributed by atoms with Crippen LogP contribution in [0.1, 0.15) is 18.1 Å². The summed E-state index contributed by atoms with van der Waals surface area (Å²) in [5.74, 6) is -0.307. The van der Waals surface area contributed by atoms with Crippen LogP contribution in [0, 0.1) is 0 Å². The van der Waals surface area contributed by atoms with E-state index in [1.54, 1.807) is 41.2 Å². The summed E-state index contributed by atoms with van der Waals surface area (Å²) in [6.07, 6.45) is -2.40. The summed E-state index contributed by atoms with van der Waals surface area (Å²) in [4.78, 5) is 12.1. The molecule has 30 heavy (non-hydrogen) atoms. The highest BCUT2D eigenvalue weighted by molar-refractivity contribution is 6.30. The lowest BCUT2D eigenvalue weighted by atomic mass is 10.1. The van der Waals surface area contributed by atoms with Crippen LogP contribution in [0.5, 0.6) is 5.88 Å². The number of nitrogens with zero attached hydrogens (tertiary/aromatic N) is 3. The van der Waals surface area contributed by atoms with Crippen molar-refractivity contribution in [1.82, 2.24) is 15.2 Å². The van der Waals surface area contributed by atoms with Gasteiger partial charge < -0.3 is 4.74 Å². The third kappa shape index (κ3) is 5.60. The van der Waals surface area contributed by atoms with Crippen LogP contribution in [0.3, 0.4) is 0 Å². The van der Waals surface area contributed by atoms with Crippen LogP contribution in [-0.2, 0) is 11.0 Å². The second-order valence-electron chi connectivity index (χ2n) is 6.19. The summed E-state index contributed by atoms with van der Waals surface area (Å²) in [5.41, 5.74) is 2.69. The van der Waals surface area contributed by atoms with Crippen molar-refractivity contribution in [3.8, 4) is 11.6 Å². The third-order valence-corrected chi connectivity index (χ3v) is 4.20. The Labute approximate surface area is 174 Å². The molecule has 0 saturated heterocycles. The molecule has 0 fully saturated rings. The van der Waals surface area contributed by atoms with E-state index in [9.17, 15) is 18.0 Å². The number of carbonyl (C=O) groups is 1. The van der Waals surface area contributed by atoms with Crippen molar-refractivity contribution in [3.05, 3.63) is 76.9 Å². The molecule has 0 saturated carbocycles. The number of ether oxygens (including phenoxy) is 1. The van der Waals surface area contributed by atoms with Gasteiger partial charge in [0.1, 0.15) is 0 Å². The first-order valence-corrected chi connectivity index (χ1v) is 9.08. The predicted octanol–water partition coefficient (Wildman–Crippen LogP) is 4.46. The largest absolute Gasteiger partial charge is 0.463 e. The highest BCUT2D eigenvalue weighted by Gasteiger charge is 2.29. The molecule has 0 aliphatic carbocycles. The summed E-state index contributed by atoms with van der Waals surface area (Å²) in [7, 11) is 0. The maximum absolute atomic E-state index is 12.5. The molecule has 0 radical (unpaired) electrons. The molecule has 1 atom stereocenters. The molecule has 1 unspecified atom stereocenters. The van der Waals surface area contributed by atoms with Gasteiger partial charge in [-0.15, -0.1) is 5.10 Å². The van der Waals surface area contributed by atoms with E-state index in [0.717, 1.165) is 17.8 Å². The summed E-state index contributed by atoms with van der Waals surface area (Å²) >= 11 is 5.86. The number of aromatic nitrogens is 2. The van der Waals surface area contributed by atoms with Gasteiger partial charge in [0.05, 0.1) is 17.5 Å². The number of benzene rings is 2. The molecule has 1 N–H and O–H groups in total. The smallest absolute Gasteiger partial charge is 0.416 e. The fourth-order valence-corrected chi connectivity index (χ4v) is 2.49. The van der Waals surface area contributed by atoms with E-state index in [0.29, 0.717) is 10.6 Å². The number of alkyl halides is 3. The zero-order valence-electron chi connectivity index (χ0n) is 15.6. The van der Waals surface area contributed by atoms with Gasteiger partial charge in [-0.25, -0.2) is 10.1 Å². The minimum atomic E-state index is -4.41. The molecule has 3 rings (SSSR count). The van der Waals surface area contributed by atoms with E-state index in [1.807, 2.05) is 0 Å². The zero-order chi connectivity index (χ0) is 21.7. The van der Waals surface area contributed by atoms with E-state index in [4.69, 9.17) is 16.3 Å². The molecule has 0 aliphatic heterocycles. The molecule has 1 aromatic heterocycles. The van der Waals surface area contributed by atoms with Crippen molar-refractivity contribution in [2.45, 2.75) is 19.2 Å². The Kier molecular flexibility index (Phi) is 6.41. The van der Waals surface area contributed by atoms with Crippen molar-refractivity contribution >= 4 is 23.7 Å². The lowest BCUT2D eigenvalue weighted by Gasteiger charge is -2.10. The predicted molar refractivity (Wildman–Crippen MR) is 106 cm³/mol. The summed E-state index contributed by atoms with van der Waals surface area (Å²) < 4.78 is 44.7. The number of carbonyl (C=O) groups excluding carboxylic acids is 1. The Morgan fingerprint density at radius 2 is 1.83 bits per heavy atom. The molecule has 3 aromatic rings. The van der Waals surface area contributed by atoms with E-state index in [-0.39, 0.29) is 5.88 Å². The molecule has 1 amide bonds. The Hall–Kier alpha value is -3.33. The second kappa shape index (κ2) is 9.00. The molecule has 2 aromatic carbocycles. The van der Waals surface area contributed by atoms with Gasteiger partial charge in [0.2, 0.25) is 5.88 Å². The molecule has 156 valence electrons. The maximum atomic E-state index is 12.5. The average Bonchev–Trinajstić information content (AvgIpc) is 3.16. The Bertz CT molecular complexity index is 1030. The van der Waals surface area contributed by atoms with Gasteiger partial charge in [-0.05, 0) is 48.9 Å². The second-order valence-corrected chi connectivity index (χ2v) is 6.63. The van der Waals surface area contributed by atoms with E-state index in [2.05, 4.69) is 15.6 Å². The first-order valence-electron chi connectivity index (χ1n) is 8.71. The normalized spacial score (nSPS) is 12.7. The van der Waals surface area contributed by atoms with Crippen LogP contribution in [0.15, 0.2) is 65.9 Å². The van der Waals surface area contributed by atoms with Crippen LogP contribution in [0.25, 0.3) is 5.69 Å². The lowest BCUT2D eigenvalue weighted by molar-refractivity contribution is -0.137. The number of hydrogen-bond donors (Lipinski definition) is 1. The molecule has 10 heteroatoms. The number of amides is 1. The Morgan fingerprint density at radius 1 is 1.17 bits per heavy atom. The van der Waals surface area contributed by atoms with Crippen molar-refractivity contribution in [2.24, 2.45) is 5.10 Å². The standard InChI is InChI=1S/C20H16ClF3N4O2/c1-13(30-18-10-11-28(27-18)17-8-6-16(21)7-9-17)19(29)26-25-12-14-2-4-15(5-3-14)20(22,23)24/h2-13H,1H3,(H,26,29). The van der Waals surface area contributed by atoms with E-state index >= 15 is 0 Å². The van der Waals surface area contributed by atoms with Crippen LogP contribution >= 0.6 is 11.6 Å².